The Balaban J connectivity index is 3.30. The van der Waals surface area contributed by atoms with Crippen LogP contribution in [0.1, 0.15) is 412 Å². The summed E-state index contributed by atoms with van der Waals surface area (Å²) in [6, 6.07) is -0.537. The van der Waals surface area contributed by atoms with Crippen LogP contribution in [0.3, 0.4) is 0 Å². The molecular formula is C72H141NO5. The van der Waals surface area contributed by atoms with E-state index in [4.69, 9.17) is 4.74 Å². The van der Waals surface area contributed by atoms with Crippen LogP contribution in [0.2, 0.25) is 0 Å². The highest BCUT2D eigenvalue weighted by molar-refractivity contribution is 5.76. The van der Waals surface area contributed by atoms with E-state index in [0.29, 0.717) is 25.9 Å². The number of carbonyl (C=O) groups is 2. The van der Waals surface area contributed by atoms with Gasteiger partial charge >= 0.3 is 5.97 Å². The number of allylic oxidation sites excluding steroid dienone is 2. The van der Waals surface area contributed by atoms with Gasteiger partial charge in [0.05, 0.1) is 25.4 Å². The molecule has 0 aromatic rings. The summed E-state index contributed by atoms with van der Waals surface area (Å²) in [6.07, 6.45) is 84.2. The lowest BCUT2D eigenvalue weighted by Gasteiger charge is -2.22. The molecule has 0 fully saturated rings. The molecule has 0 rings (SSSR count). The van der Waals surface area contributed by atoms with E-state index >= 15 is 0 Å². The molecule has 2 unspecified atom stereocenters. The summed E-state index contributed by atoms with van der Waals surface area (Å²) in [5.74, 6) is -0.00996. The quantitative estimate of drug-likeness (QED) is 0.0320. The van der Waals surface area contributed by atoms with Crippen LogP contribution < -0.4 is 5.32 Å². The van der Waals surface area contributed by atoms with Gasteiger partial charge in [-0.2, -0.15) is 0 Å². The van der Waals surface area contributed by atoms with E-state index < -0.39 is 12.1 Å². The monoisotopic (exact) mass is 1100 g/mol. The molecule has 0 radical (unpaired) electrons. The van der Waals surface area contributed by atoms with Crippen molar-refractivity contribution >= 4 is 11.9 Å². The van der Waals surface area contributed by atoms with Gasteiger partial charge < -0.3 is 20.3 Å². The van der Waals surface area contributed by atoms with Crippen LogP contribution in [-0.2, 0) is 14.3 Å². The SMILES string of the molecule is CCCCCCCC/C=C\CCCCCCCCCC(=O)OCCCCCCCCCCCCCCCCCCCCCCCCCCCCCCCCCC(=O)NC(CO)C(O)CCCCCCCCCCCCCCC. The maximum absolute atomic E-state index is 12.5. The minimum absolute atomic E-state index is 0.0183. The fraction of sp³-hybridized carbons (Fsp3) is 0.944. The molecule has 0 aromatic carbocycles. The Kier molecular flexibility index (Phi) is 66.9. The van der Waals surface area contributed by atoms with Crippen molar-refractivity contribution in [2.45, 2.75) is 424 Å². The van der Waals surface area contributed by atoms with Gasteiger partial charge in [0.2, 0.25) is 5.91 Å². The molecule has 0 bridgehead atoms. The second kappa shape index (κ2) is 68.1. The Bertz CT molecular complexity index is 1180. The third kappa shape index (κ3) is 63.8. The van der Waals surface area contributed by atoms with E-state index in [9.17, 15) is 19.8 Å². The summed E-state index contributed by atoms with van der Waals surface area (Å²) in [5, 5.41) is 23.3. The molecule has 0 saturated heterocycles. The van der Waals surface area contributed by atoms with Gasteiger partial charge in [0.15, 0.2) is 0 Å². The number of aliphatic hydroxyl groups is 2. The lowest BCUT2D eigenvalue weighted by molar-refractivity contribution is -0.143. The highest BCUT2D eigenvalue weighted by atomic mass is 16.5. The Morgan fingerprint density at radius 3 is 0.910 bits per heavy atom. The first-order chi connectivity index (χ1) is 38.5. The van der Waals surface area contributed by atoms with E-state index in [-0.39, 0.29) is 18.5 Å². The van der Waals surface area contributed by atoms with Crippen molar-refractivity contribution in [1.29, 1.82) is 0 Å². The zero-order chi connectivity index (χ0) is 56.4. The average Bonchev–Trinajstić information content (AvgIpc) is 3.44. The highest BCUT2D eigenvalue weighted by Gasteiger charge is 2.20. The summed E-state index contributed by atoms with van der Waals surface area (Å²) < 4.78 is 5.51. The van der Waals surface area contributed by atoms with E-state index in [1.165, 1.54) is 334 Å². The Hall–Kier alpha value is -1.40. The van der Waals surface area contributed by atoms with Crippen LogP contribution in [0.5, 0.6) is 0 Å². The topological polar surface area (TPSA) is 95.9 Å². The summed E-state index contributed by atoms with van der Waals surface area (Å²) in [7, 11) is 0. The van der Waals surface area contributed by atoms with Gasteiger partial charge in [-0.05, 0) is 51.4 Å². The number of ether oxygens (including phenoxy) is 1. The lowest BCUT2D eigenvalue weighted by Crippen LogP contribution is -2.45. The Morgan fingerprint density at radius 2 is 0.603 bits per heavy atom. The third-order valence-electron chi connectivity index (χ3n) is 17.1. The van der Waals surface area contributed by atoms with Crippen molar-refractivity contribution in [2.24, 2.45) is 0 Å². The summed E-state index contributed by atoms with van der Waals surface area (Å²) in [5.41, 5.74) is 0. The smallest absolute Gasteiger partial charge is 0.305 e. The zero-order valence-corrected chi connectivity index (χ0v) is 53.2. The molecule has 1 amide bonds. The van der Waals surface area contributed by atoms with Gasteiger partial charge in [-0.25, -0.2) is 0 Å². The molecule has 0 saturated carbocycles. The summed E-state index contributed by atoms with van der Waals surface area (Å²) in [4.78, 5) is 24.6. The van der Waals surface area contributed by atoms with Crippen molar-refractivity contribution < 1.29 is 24.5 Å². The molecular weight excluding hydrogens is 959 g/mol. The van der Waals surface area contributed by atoms with E-state index in [2.05, 4.69) is 31.3 Å². The van der Waals surface area contributed by atoms with Gasteiger partial charge in [0, 0.05) is 12.8 Å². The highest BCUT2D eigenvalue weighted by Crippen LogP contribution is 2.19. The second-order valence-corrected chi connectivity index (χ2v) is 24.9. The molecule has 78 heavy (non-hydrogen) atoms. The summed E-state index contributed by atoms with van der Waals surface area (Å²) in [6.45, 7) is 4.98. The number of amides is 1. The Morgan fingerprint density at radius 1 is 0.346 bits per heavy atom. The lowest BCUT2D eigenvalue weighted by atomic mass is 10.0. The average molecular weight is 1100 g/mol. The minimum Gasteiger partial charge on any atom is -0.466 e. The zero-order valence-electron chi connectivity index (χ0n) is 53.2. The van der Waals surface area contributed by atoms with Gasteiger partial charge in [-0.1, -0.05) is 360 Å². The van der Waals surface area contributed by atoms with Crippen LogP contribution in [0, 0.1) is 0 Å². The number of nitrogens with one attached hydrogen (secondary N) is 1. The predicted molar refractivity (Wildman–Crippen MR) is 343 cm³/mol. The van der Waals surface area contributed by atoms with Crippen molar-refractivity contribution in [2.75, 3.05) is 13.2 Å². The molecule has 0 spiro atoms. The maximum atomic E-state index is 12.5. The van der Waals surface area contributed by atoms with E-state index in [1.807, 2.05) is 0 Å². The van der Waals surface area contributed by atoms with Gasteiger partial charge in [0.25, 0.3) is 0 Å². The third-order valence-corrected chi connectivity index (χ3v) is 17.1. The first-order valence-electron chi connectivity index (χ1n) is 35.9. The van der Waals surface area contributed by atoms with Gasteiger partial charge in [0.1, 0.15) is 0 Å². The molecule has 0 aliphatic heterocycles. The first-order valence-corrected chi connectivity index (χ1v) is 35.9. The standard InChI is InChI=1S/C72H141NO5/c1-3-5-7-9-11-13-15-17-18-34-38-42-46-50-54-58-62-66-72(77)78-67-63-59-55-51-47-43-39-36-33-31-29-27-25-23-21-19-20-22-24-26-28-30-32-35-37-41-45-49-53-57-61-65-71(76)73-69(68-74)70(75)64-60-56-52-48-44-40-16-14-12-10-8-6-4-2/h17-18,69-70,74-75H,3-16,19-68H2,1-2H3,(H,73,76)/b18-17-. The number of unbranched alkanes of at least 4 members (excludes halogenated alkanes) is 55. The number of hydrogen-bond donors (Lipinski definition) is 3. The molecule has 6 heteroatoms. The first kappa shape index (κ1) is 76.6. The number of rotatable bonds is 68. The normalized spacial score (nSPS) is 12.5. The molecule has 2 atom stereocenters. The number of aliphatic hydroxyl groups excluding tert-OH is 2. The molecule has 0 aliphatic rings. The van der Waals surface area contributed by atoms with Crippen LogP contribution in [-0.4, -0.2) is 47.4 Å². The summed E-state index contributed by atoms with van der Waals surface area (Å²) >= 11 is 0. The largest absolute Gasteiger partial charge is 0.466 e. The second-order valence-electron chi connectivity index (χ2n) is 24.9. The van der Waals surface area contributed by atoms with Crippen molar-refractivity contribution in [3.05, 3.63) is 12.2 Å². The molecule has 6 nitrogen and oxygen atoms in total. The van der Waals surface area contributed by atoms with Crippen molar-refractivity contribution in [1.82, 2.24) is 5.32 Å². The fourth-order valence-electron chi connectivity index (χ4n) is 11.6. The molecule has 0 aliphatic carbocycles. The van der Waals surface area contributed by atoms with Crippen molar-refractivity contribution in [3.8, 4) is 0 Å². The number of esters is 1. The minimum atomic E-state index is -0.660. The van der Waals surface area contributed by atoms with E-state index in [0.717, 1.165) is 44.9 Å². The van der Waals surface area contributed by atoms with Crippen LogP contribution in [0.15, 0.2) is 12.2 Å². The maximum Gasteiger partial charge on any atom is 0.305 e. The molecule has 0 aromatic heterocycles. The van der Waals surface area contributed by atoms with E-state index in [1.54, 1.807) is 0 Å². The Labute approximate surface area is 489 Å². The molecule has 0 heterocycles. The van der Waals surface area contributed by atoms with Crippen molar-refractivity contribution in [3.63, 3.8) is 0 Å². The van der Waals surface area contributed by atoms with Gasteiger partial charge in [-0.15, -0.1) is 0 Å². The van der Waals surface area contributed by atoms with Gasteiger partial charge in [-0.3, -0.25) is 9.59 Å². The predicted octanol–water partition coefficient (Wildman–Crippen LogP) is 23.1. The number of hydrogen-bond acceptors (Lipinski definition) is 5. The molecule has 464 valence electrons. The fourth-order valence-corrected chi connectivity index (χ4v) is 11.6. The number of carbonyl (C=O) groups excluding carboxylic acids is 2. The van der Waals surface area contributed by atoms with Crippen LogP contribution in [0.4, 0.5) is 0 Å². The van der Waals surface area contributed by atoms with Crippen LogP contribution >= 0.6 is 0 Å². The van der Waals surface area contributed by atoms with Crippen LogP contribution in [0.25, 0.3) is 0 Å². The molecule has 3 N–H and O–H groups in total.